The molecule has 2 aromatic carbocycles. The van der Waals surface area contributed by atoms with Crippen molar-refractivity contribution >= 4 is 16.7 Å². The van der Waals surface area contributed by atoms with E-state index in [2.05, 4.69) is 4.98 Å². The molecule has 0 saturated heterocycles. The smallest absolute Gasteiger partial charge is 0.272 e. The van der Waals surface area contributed by atoms with Crippen molar-refractivity contribution in [1.29, 1.82) is 0 Å². The van der Waals surface area contributed by atoms with E-state index >= 15 is 0 Å². The molecule has 3 rings (SSSR count). The zero-order chi connectivity index (χ0) is 15.7. The molecule has 7 heteroatoms. The number of para-hydroxylation sites is 2. The highest BCUT2D eigenvalue weighted by Crippen LogP contribution is 2.21. The molecule has 0 saturated carbocycles. The van der Waals surface area contributed by atoms with Crippen LogP contribution in [0.3, 0.4) is 0 Å². The zero-order valence-corrected chi connectivity index (χ0v) is 11.4. The van der Waals surface area contributed by atoms with Gasteiger partial charge in [-0.05, 0) is 18.2 Å². The van der Waals surface area contributed by atoms with Gasteiger partial charge in [-0.1, -0.05) is 12.1 Å². The lowest BCUT2D eigenvalue weighted by molar-refractivity contribution is -0.385. The molecule has 1 aromatic heterocycles. The van der Waals surface area contributed by atoms with Crippen LogP contribution in [-0.4, -0.2) is 19.6 Å². The van der Waals surface area contributed by atoms with Crippen molar-refractivity contribution in [1.82, 2.24) is 9.55 Å². The molecule has 0 unspecified atom stereocenters. The molecule has 0 atom stereocenters. The average Bonchev–Trinajstić information content (AvgIpc) is 2.87. The van der Waals surface area contributed by atoms with E-state index in [4.69, 9.17) is 0 Å². The summed E-state index contributed by atoms with van der Waals surface area (Å²) in [6, 6.07) is 10.8. The number of rotatable bonds is 4. The number of nitrogens with zero attached hydrogens (tertiary/aromatic N) is 3. The predicted octanol–water partition coefficient (Wildman–Crippen LogP) is 2.62. The maximum absolute atomic E-state index is 14.0. The van der Waals surface area contributed by atoms with Gasteiger partial charge in [0.1, 0.15) is 18.2 Å². The minimum Gasteiger partial charge on any atom is -0.388 e. The van der Waals surface area contributed by atoms with Crippen LogP contribution in [-0.2, 0) is 13.2 Å². The predicted molar refractivity (Wildman–Crippen MR) is 77.8 cm³/mol. The first-order valence-electron chi connectivity index (χ1n) is 6.58. The van der Waals surface area contributed by atoms with Crippen LogP contribution in [0.25, 0.3) is 11.0 Å². The molecule has 0 spiro atoms. The van der Waals surface area contributed by atoms with Crippen LogP contribution in [0.1, 0.15) is 11.4 Å². The van der Waals surface area contributed by atoms with Crippen molar-refractivity contribution in [3.05, 3.63) is 69.8 Å². The second kappa shape index (κ2) is 5.53. The number of aromatic nitrogens is 2. The molecule has 0 fully saturated rings. The maximum Gasteiger partial charge on any atom is 0.272 e. The summed E-state index contributed by atoms with van der Waals surface area (Å²) in [5.41, 5.74) is 1.47. The topological polar surface area (TPSA) is 81.2 Å². The number of imidazole rings is 1. The summed E-state index contributed by atoms with van der Waals surface area (Å²) in [7, 11) is 0. The summed E-state index contributed by atoms with van der Waals surface area (Å²) in [6.45, 7) is -0.135. The number of halogens is 1. The van der Waals surface area contributed by atoms with Crippen molar-refractivity contribution in [3.63, 3.8) is 0 Å². The number of fused-ring (bicyclic) bond motifs is 1. The number of nitro groups is 1. The van der Waals surface area contributed by atoms with Crippen molar-refractivity contribution < 1.29 is 14.4 Å². The Bertz CT molecular complexity index is 860. The standard InChI is InChI=1S/C15H12FN3O3/c16-12-7-11(19(21)22)6-5-10(12)8-18-14-4-2-1-3-13(14)17-15(18)9-20/h1-7,20H,8-9H2. The first kappa shape index (κ1) is 14.2. The molecule has 3 aromatic rings. The van der Waals surface area contributed by atoms with Gasteiger partial charge in [-0.25, -0.2) is 9.37 Å². The molecule has 6 nitrogen and oxygen atoms in total. The van der Waals surface area contributed by atoms with Gasteiger partial charge in [0.15, 0.2) is 0 Å². The number of nitro benzene ring substituents is 1. The van der Waals surface area contributed by atoms with Crippen LogP contribution in [0.5, 0.6) is 0 Å². The quantitative estimate of drug-likeness (QED) is 0.593. The highest BCUT2D eigenvalue weighted by Gasteiger charge is 2.14. The van der Waals surface area contributed by atoms with E-state index in [1.165, 1.54) is 12.1 Å². The van der Waals surface area contributed by atoms with Gasteiger partial charge in [0.2, 0.25) is 0 Å². The highest BCUT2D eigenvalue weighted by atomic mass is 19.1. The third-order valence-corrected chi connectivity index (χ3v) is 3.45. The summed E-state index contributed by atoms with van der Waals surface area (Å²) in [5, 5.41) is 20.1. The fraction of sp³-hybridized carbons (Fsp3) is 0.133. The molecule has 1 heterocycles. The van der Waals surface area contributed by atoms with Crippen LogP contribution in [0.15, 0.2) is 42.5 Å². The monoisotopic (exact) mass is 301 g/mol. The van der Waals surface area contributed by atoms with Crippen molar-refractivity contribution in [2.75, 3.05) is 0 Å². The fourth-order valence-corrected chi connectivity index (χ4v) is 2.37. The molecular weight excluding hydrogens is 289 g/mol. The SMILES string of the molecule is O=[N+]([O-])c1ccc(Cn2c(CO)nc3ccccc32)c(F)c1. The van der Waals surface area contributed by atoms with Crippen LogP contribution < -0.4 is 0 Å². The van der Waals surface area contributed by atoms with Gasteiger partial charge >= 0.3 is 0 Å². The fourth-order valence-electron chi connectivity index (χ4n) is 2.37. The molecule has 0 radical (unpaired) electrons. The summed E-state index contributed by atoms with van der Waals surface area (Å²) < 4.78 is 15.7. The number of hydrogen-bond acceptors (Lipinski definition) is 4. The number of non-ortho nitro benzene ring substituents is 1. The molecule has 0 bridgehead atoms. The Morgan fingerprint density at radius 2 is 2.05 bits per heavy atom. The van der Waals surface area contributed by atoms with E-state index < -0.39 is 10.7 Å². The summed E-state index contributed by atoms with van der Waals surface area (Å²) in [6.07, 6.45) is 0. The zero-order valence-electron chi connectivity index (χ0n) is 11.4. The van der Waals surface area contributed by atoms with Crippen molar-refractivity contribution in [2.24, 2.45) is 0 Å². The summed E-state index contributed by atoms with van der Waals surface area (Å²) >= 11 is 0. The second-order valence-corrected chi connectivity index (χ2v) is 4.79. The normalized spacial score (nSPS) is 11.0. The molecule has 0 aliphatic rings. The lowest BCUT2D eigenvalue weighted by atomic mass is 10.2. The molecule has 22 heavy (non-hydrogen) atoms. The van der Waals surface area contributed by atoms with E-state index in [0.717, 1.165) is 11.6 Å². The third-order valence-electron chi connectivity index (χ3n) is 3.45. The Labute approximate surface area is 124 Å². The minimum atomic E-state index is -0.657. The Morgan fingerprint density at radius 3 is 2.73 bits per heavy atom. The third kappa shape index (κ3) is 2.42. The van der Waals surface area contributed by atoms with Gasteiger partial charge in [0.25, 0.3) is 5.69 Å². The number of aliphatic hydroxyl groups is 1. The van der Waals surface area contributed by atoms with Crippen LogP contribution in [0.2, 0.25) is 0 Å². The summed E-state index contributed by atoms with van der Waals surface area (Å²) in [4.78, 5) is 14.3. The first-order chi connectivity index (χ1) is 10.6. The van der Waals surface area contributed by atoms with Gasteiger partial charge in [-0.2, -0.15) is 0 Å². The van der Waals surface area contributed by atoms with Crippen LogP contribution in [0, 0.1) is 15.9 Å². The van der Waals surface area contributed by atoms with Gasteiger partial charge < -0.3 is 9.67 Å². The van der Waals surface area contributed by atoms with Crippen LogP contribution >= 0.6 is 0 Å². The molecule has 1 N–H and O–H groups in total. The number of benzene rings is 2. The molecule has 0 amide bonds. The van der Waals surface area contributed by atoms with Crippen molar-refractivity contribution in [3.8, 4) is 0 Å². The van der Waals surface area contributed by atoms with Crippen molar-refractivity contribution in [2.45, 2.75) is 13.2 Å². The van der Waals surface area contributed by atoms with E-state index in [0.29, 0.717) is 16.9 Å². The average molecular weight is 301 g/mol. The molecule has 112 valence electrons. The molecule has 0 aliphatic carbocycles. The highest BCUT2D eigenvalue weighted by molar-refractivity contribution is 5.76. The Balaban J connectivity index is 2.05. The first-order valence-corrected chi connectivity index (χ1v) is 6.58. The van der Waals surface area contributed by atoms with E-state index in [-0.39, 0.29) is 18.8 Å². The number of hydrogen-bond donors (Lipinski definition) is 1. The largest absolute Gasteiger partial charge is 0.388 e. The lowest BCUT2D eigenvalue weighted by Crippen LogP contribution is -2.07. The van der Waals surface area contributed by atoms with E-state index in [1.54, 1.807) is 10.6 Å². The second-order valence-electron chi connectivity index (χ2n) is 4.79. The number of aliphatic hydroxyl groups excluding tert-OH is 1. The van der Waals surface area contributed by atoms with E-state index in [1.807, 2.05) is 18.2 Å². The Morgan fingerprint density at radius 1 is 1.27 bits per heavy atom. The summed E-state index contributed by atoms with van der Waals surface area (Å²) in [5.74, 6) is -0.241. The van der Waals surface area contributed by atoms with E-state index in [9.17, 15) is 19.6 Å². The Kier molecular flexibility index (Phi) is 3.56. The maximum atomic E-state index is 14.0. The van der Waals surface area contributed by atoms with Gasteiger partial charge in [-0.3, -0.25) is 10.1 Å². The molecule has 0 aliphatic heterocycles. The van der Waals surface area contributed by atoms with Gasteiger partial charge in [0, 0.05) is 11.6 Å². The van der Waals surface area contributed by atoms with Gasteiger partial charge in [-0.15, -0.1) is 0 Å². The van der Waals surface area contributed by atoms with Crippen LogP contribution in [0.4, 0.5) is 10.1 Å². The minimum absolute atomic E-state index is 0.139. The molecular formula is C15H12FN3O3. The lowest BCUT2D eigenvalue weighted by Gasteiger charge is -2.09. The Hall–Kier alpha value is -2.80. The van der Waals surface area contributed by atoms with Gasteiger partial charge in [0.05, 0.1) is 28.6 Å².